The predicted molar refractivity (Wildman–Crippen MR) is 207 cm³/mol. The third-order valence-electron chi connectivity index (χ3n) is 9.72. The lowest BCUT2D eigenvalue weighted by atomic mass is 10.0. The molecule has 234 valence electrons. The minimum absolute atomic E-state index is 0.164. The van der Waals surface area contributed by atoms with Gasteiger partial charge in [0.05, 0.1) is 33.8 Å². The van der Waals surface area contributed by atoms with E-state index in [-0.39, 0.29) is 6.04 Å². The second-order valence-electron chi connectivity index (χ2n) is 12.5. The quantitative estimate of drug-likeness (QED) is 0.198. The van der Waals surface area contributed by atoms with Gasteiger partial charge in [-0.3, -0.25) is 4.98 Å². The topological polar surface area (TPSA) is 34.8 Å². The van der Waals surface area contributed by atoms with Crippen molar-refractivity contribution >= 4 is 55.8 Å². The molecule has 1 aliphatic rings. The maximum absolute atomic E-state index is 4.87. The number of benzene rings is 5. The van der Waals surface area contributed by atoms with Gasteiger partial charge in [0.1, 0.15) is 0 Å². The van der Waals surface area contributed by atoms with E-state index in [2.05, 4.69) is 161 Å². The third-order valence-corrected chi connectivity index (χ3v) is 9.72. The fourth-order valence-electron chi connectivity index (χ4n) is 7.51. The smallest absolute Gasteiger partial charge is 0.0802 e. The lowest BCUT2D eigenvalue weighted by Gasteiger charge is -2.17. The molecule has 3 aromatic heterocycles. The number of nitrogens with zero attached hydrogens (tertiary/aromatic N) is 3. The maximum Gasteiger partial charge on any atom is 0.0802 e. The Morgan fingerprint density at radius 2 is 1.59 bits per heavy atom. The van der Waals surface area contributed by atoms with Crippen molar-refractivity contribution in [1.29, 1.82) is 0 Å². The standard InChI is InChI=1S/C45H34N4/c1-3-11-40-36(4-2)37-15-5-6-17-41(37)49(40)35-14-9-12-32(28-35)33-20-24-38-43(29-33)48(42-25-21-31-13-10-27-47-45(31)44(38)42)34-22-18-30(19-23-34)39-16-7-8-26-46-39/h3-29,39,46H,2H2,1H3/b11-3-. The van der Waals surface area contributed by atoms with Crippen LogP contribution in [-0.4, -0.2) is 14.1 Å². The molecule has 0 bridgehead atoms. The fraction of sp³-hybridized carbons (Fsp3) is 0.0444. The number of nitrogens with one attached hydrogen (secondary N) is 1. The van der Waals surface area contributed by atoms with Gasteiger partial charge in [0.25, 0.3) is 0 Å². The summed E-state index contributed by atoms with van der Waals surface area (Å²) in [6.45, 7) is 6.22. The van der Waals surface area contributed by atoms with Gasteiger partial charge in [0, 0.05) is 44.7 Å². The first-order chi connectivity index (χ1) is 24.2. The summed E-state index contributed by atoms with van der Waals surface area (Å²) in [5.41, 5.74) is 12.5. The summed E-state index contributed by atoms with van der Waals surface area (Å²) in [4.78, 5) is 4.87. The molecule has 0 aliphatic carbocycles. The van der Waals surface area contributed by atoms with Crippen molar-refractivity contribution in [3.63, 3.8) is 0 Å². The average Bonchev–Trinajstić information content (AvgIpc) is 3.67. The van der Waals surface area contributed by atoms with E-state index in [4.69, 9.17) is 4.98 Å². The van der Waals surface area contributed by atoms with Crippen LogP contribution in [0.3, 0.4) is 0 Å². The van der Waals surface area contributed by atoms with E-state index in [0.717, 1.165) is 61.2 Å². The van der Waals surface area contributed by atoms with Crippen LogP contribution in [0, 0.1) is 0 Å². The Hall–Kier alpha value is -6.39. The van der Waals surface area contributed by atoms with E-state index in [0.29, 0.717) is 0 Å². The largest absolute Gasteiger partial charge is 0.381 e. The molecule has 0 saturated heterocycles. The molecule has 1 aliphatic heterocycles. The summed E-state index contributed by atoms with van der Waals surface area (Å²) in [5, 5.41) is 8.14. The second-order valence-corrected chi connectivity index (χ2v) is 12.5. The first kappa shape index (κ1) is 28.8. The molecular weight excluding hydrogens is 597 g/mol. The van der Waals surface area contributed by atoms with E-state index in [1.807, 2.05) is 30.6 Å². The van der Waals surface area contributed by atoms with Crippen molar-refractivity contribution in [2.24, 2.45) is 0 Å². The van der Waals surface area contributed by atoms with E-state index in [1.54, 1.807) is 0 Å². The number of pyridine rings is 1. The Morgan fingerprint density at radius 3 is 2.43 bits per heavy atom. The van der Waals surface area contributed by atoms with Crippen LogP contribution in [0.4, 0.5) is 0 Å². The molecule has 49 heavy (non-hydrogen) atoms. The zero-order valence-corrected chi connectivity index (χ0v) is 27.2. The zero-order valence-electron chi connectivity index (χ0n) is 27.2. The number of para-hydroxylation sites is 1. The number of allylic oxidation sites excluding steroid dienone is 3. The minimum Gasteiger partial charge on any atom is -0.381 e. The van der Waals surface area contributed by atoms with Gasteiger partial charge in [-0.05, 0) is 90.5 Å². The number of fused-ring (bicyclic) bond motifs is 6. The molecule has 1 atom stereocenters. The van der Waals surface area contributed by atoms with E-state index < -0.39 is 0 Å². The molecule has 1 N–H and O–H groups in total. The Bertz CT molecular complexity index is 2660. The molecule has 4 heterocycles. The number of hydrogen-bond acceptors (Lipinski definition) is 2. The molecule has 0 amide bonds. The first-order valence-electron chi connectivity index (χ1n) is 16.7. The maximum atomic E-state index is 4.87. The van der Waals surface area contributed by atoms with Crippen molar-refractivity contribution in [1.82, 2.24) is 19.4 Å². The van der Waals surface area contributed by atoms with Crippen molar-refractivity contribution < 1.29 is 0 Å². The Kier molecular flexibility index (Phi) is 6.87. The zero-order chi connectivity index (χ0) is 32.9. The molecule has 5 aromatic carbocycles. The number of hydrogen-bond donors (Lipinski definition) is 1. The Morgan fingerprint density at radius 1 is 0.714 bits per heavy atom. The van der Waals surface area contributed by atoms with Crippen LogP contribution in [0.25, 0.3) is 78.3 Å². The minimum atomic E-state index is 0.164. The molecule has 0 radical (unpaired) electrons. The van der Waals surface area contributed by atoms with E-state index in [9.17, 15) is 0 Å². The van der Waals surface area contributed by atoms with Crippen LogP contribution in [-0.2, 0) is 0 Å². The monoisotopic (exact) mass is 630 g/mol. The van der Waals surface area contributed by atoms with Crippen LogP contribution in [0.15, 0.2) is 159 Å². The third kappa shape index (κ3) is 4.64. The van der Waals surface area contributed by atoms with Crippen LogP contribution in [0.5, 0.6) is 0 Å². The van der Waals surface area contributed by atoms with E-state index >= 15 is 0 Å². The van der Waals surface area contributed by atoms with Crippen molar-refractivity contribution in [3.05, 3.63) is 175 Å². The molecule has 8 aromatic rings. The Labute approximate surface area is 285 Å². The van der Waals surface area contributed by atoms with Gasteiger partial charge in [-0.25, -0.2) is 0 Å². The fourth-order valence-corrected chi connectivity index (χ4v) is 7.51. The lowest BCUT2D eigenvalue weighted by Crippen LogP contribution is -2.14. The van der Waals surface area contributed by atoms with Crippen LogP contribution >= 0.6 is 0 Å². The highest BCUT2D eigenvalue weighted by Gasteiger charge is 2.19. The summed E-state index contributed by atoms with van der Waals surface area (Å²) in [6.07, 6.45) is 16.4. The lowest BCUT2D eigenvalue weighted by molar-refractivity contribution is 0.746. The molecule has 4 heteroatoms. The highest BCUT2D eigenvalue weighted by molar-refractivity contribution is 6.20. The second kappa shape index (κ2) is 11.7. The summed E-state index contributed by atoms with van der Waals surface area (Å²) in [5.74, 6) is 0. The van der Waals surface area contributed by atoms with Crippen molar-refractivity contribution in [2.75, 3.05) is 0 Å². The van der Waals surface area contributed by atoms with E-state index in [1.165, 1.54) is 21.7 Å². The highest BCUT2D eigenvalue weighted by Crippen LogP contribution is 2.39. The van der Waals surface area contributed by atoms with Crippen molar-refractivity contribution in [3.8, 4) is 22.5 Å². The van der Waals surface area contributed by atoms with Gasteiger partial charge in [-0.2, -0.15) is 0 Å². The number of aromatic nitrogens is 3. The van der Waals surface area contributed by atoms with Crippen LogP contribution < -0.4 is 5.32 Å². The summed E-state index contributed by atoms with van der Waals surface area (Å²) < 4.78 is 4.73. The normalized spacial score (nSPS) is 14.4. The predicted octanol–water partition coefficient (Wildman–Crippen LogP) is 11.3. The first-order valence-corrected chi connectivity index (χ1v) is 16.7. The molecule has 0 saturated carbocycles. The molecule has 4 nitrogen and oxygen atoms in total. The van der Waals surface area contributed by atoms with Gasteiger partial charge in [-0.1, -0.05) is 97.6 Å². The van der Waals surface area contributed by atoms with Gasteiger partial charge in [0.2, 0.25) is 0 Å². The van der Waals surface area contributed by atoms with Crippen LogP contribution in [0.2, 0.25) is 0 Å². The summed E-state index contributed by atoms with van der Waals surface area (Å²) >= 11 is 0. The van der Waals surface area contributed by atoms with Gasteiger partial charge >= 0.3 is 0 Å². The SMILES string of the molecule is C=Cc1c(/C=C\C)n(-c2cccc(-c3ccc4c5c6ncccc6ccc5n(-c5ccc(C6C=CC=CN6)cc5)c4c3)c2)c2ccccc12. The van der Waals surface area contributed by atoms with Crippen LogP contribution in [0.1, 0.15) is 29.8 Å². The summed E-state index contributed by atoms with van der Waals surface area (Å²) in [6, 6.07) is 41.9. The molecule has 0 fully saturated rings. The number of rotatable bonds is 6. The highest BCUT2D eigenvalue weighted by atomic mass is 15.0. The van der Waals surface area contributed by atoms with Gasteiger partial charge in [0.15, 0.2) is 0 Å². The van der Waals surface area contributed by atoms with Crippen molar-refractivity contribution in [2.45, 2.75) is 13.0 Å². The molecular formula is C45H34N4. The Balaban J connectivity index is 1.24. The molecule has 1 unspecified atom stereocenters. The molecule has 0 spiro atoms. The molecule has 9 rings (SSSR count). The summed E-state index contributed by atoms with van der Waals surface area (Å²) in [7, 11) is 0. The number of dihydropyridines is 1. The van der Waals surface area contributed by atoms with Gasteiger partial charge < -0.3 is 14.5 Å². The average molecular weight is 631 g/mol. The van der Waals surface area contributed by atoms with Gasteiger partial charge in [-0.15, -0.1) is 0 Å².